The molecule has 0 spiro atoms. The normalized spacial score (nSPS) is 14.0. The third-order valence-electron chi connectivity index (χ3n) is 5.07. The summed E-state index contributed by atoms with van der Waals surface area (Å²) < 4.78 is 32.7. The summed E-state index contributed by atoms with van der Waals surface area (Å²) in [7, 11) is 0. The summed E-state index contributed by atoms with van der Waals surface area (Å²) in [4.78, 5) is 23.0. The molecule has 1 saturated heterocycles. The zero-order chi connectivity index (χ0) is 22.5. The lowest BCUT2D eigenvalue weighted by atomic mass is 10.1. The third kappa shape index (κ3) is 4.81. The number of carbonyl (C=O) groups excluding carboxylic acids is 1. The number of benzene rings is 1. The minimum atomic E-state index is -0.735. The number of pyridine rings is 2. The number of nitrogens with zero attached hydrogens (tertiary/aromatic N) is 4. The van der Waals surface area contributed by atoms with Gasteiger partial charge in [0.15, 0.2) is 17.4 Å². The molecule has 9 heteroatoms. The summed E-state index contributed by atoms with van der Waals surface area (Å²) in [6.07, 6.45) is 3.88. The second-order valence-electron chi connectivity index (χ2n) is 7.26. The molecule has 1 aliphatic rings. The quantitative estimate of drug-likeness (QED) is 0.653. The average Bonchev–Trinajstić information content (AvgIpc) is 2.82. The molecule has 0 radical (unpaired) electrons. The van der Waals surface area contributed by atoms with E-state index in [9.17, 15) is 18.8 Å². The number of nitriles is 1. The number of nitrogens with one attached hydrogen (secondary N) is 1. The summed E-state index contributed by atoms with van der Waals surface area (Å²) >= 11 is 0. The first-order chi connectivity index (χ1) is 15.5. The fourth-order valence-corrected chi connectivity index (χ4v) is 3.48. The molecule has 162 valence electrons. The smallest absolute Gasteiger partial charge is 0.274 e. The van der Waals surface area contributed by atoms with Crippen LogP contribution in [0.15, 0.2) is 54.9 Å². The van der Waals surface area contributed by atoms with E-state index in [1.807, 2.05) is 11.0 Å². The van der Waals surface area contributed by atoms with Crippen LogP contribution in [0.5, 0.6) is 5.75 Å². The van der Waals surface area contributed by atoms with Crippen LogP contribution in [0.25, 0.3) is 0 Å². The second kappa shape index (κ2) is 9.39. The predicted molar refractivity (Wildman–Crippen MR) is 113 cm³/mol. The number of rotatable bonds is 5. The van der Waals surface area contributed by atoms with E-state index in [2.05, 4.69) is 15.3 Å². The van der Waals surface area contributed by atoms with Gasteiger partial charge in [-0.2, -0.15) is 5.26 Å². The van der Waals surface area contributed by atoms with Gasteiger partial charge in [0.2, 0.25) is 0 Å². The number of ether oxygens (including phenoxy) is 1. The highest BCUT2D eigenvalue weighted by Gasteiger charge is 2.25. The molecule has 0 bridgehead atoms. The molecule has 2 aromatic heterocycles. The first kappa shape index (κ1) is 21.2. The number of aromatic nitrogens is 2. The zero-order valence-corrected chi connectivity index (χ0v) is 17.0. The van der Waals surface area contributed by atoms with Gasteiger partial charge in [-0.15, -0.1) is 0 Å². The Labute approximate surface area is 183 Å². The van der Waals surface area contributed by atoms with Gasteiger partial charge in [-0.1, -0.05) is 6.07 Å². The number of hydrogen-bond donors (Lipinski definition) is 1. The second-order valence-corrected chi connectivity index (χ2v) is 7.26. The van der Waals surface area contributed by atoms with Gasteiger partial charge in [-0.05, 0) is 30.3 Å². The number of carbonyl (C=O) groups is 1. The Balaban J connectivity index is 1.47. The van der Waals surface area contributed by atoms with E-state index in [0.29, 0.717) is 43.0 Å². The Morgan fingerprint density at radius 3 is 2.66 bits per heavy atom. The van der Waals surface area contributed by atoms with Gasteiger partial charge in [-0.25, -0.2) is 13.8 Å². The van der Waals surface area contributed by atoms with Gasteiger partial charge in [0.25, 0.3) is 5.91 Å². The summed E-state index contributed by atoms with van der Waals surface area (Å²) in [6.45, 7) is 1.08. The molecule has 4 rings (SSSR count). The maximum Gasteiger partial charge on any atom is 0.274 e. The molecule has 1 amide bonds. The summed E-state index contributed by atoms with van der Waals surface area (Å²) in [5.74, 6) is -1.25. The number of amides is 1. The summed E-state index contributed by atoms with van der Waals surface area (Å²) in [6, 6.07) is 11.8. The molecule has 0 atom stereocenters. The number of halogens is 2. The van der Waals surface area contributed by atoms with Crippen LogP contribution >= 0.6 is 0 Å². The highest BCUT2D eigenvalue weighted by Crippen LogP contribution is 2.29. The largest absolute Gasteiger partial charge is 0.487 e. The fourth-order valence-electron chi connectivity index (χ4n) is 3.48. The molecule has 1 aromatic carbocycles. The fraction of sp³-hybridized carbons (Fsp3) is 0.217. The van der Waals surface area contributed by atoms with Crippen molar-refractivity contribution in [1.82, 2.24) is 9.97 Å². The molecule has 0 aliphatic carbocycles. The van der Waals surface area contributed by atoms with Crippen molar-refractivity contribution in [2.45, 2.75) is 18.9 Å². The Bertz CT molecular complexity index is 1160. The maximum atomic E-state index is 13.9. The van der Waals surface area contributed by atoms with Crippen molar-refractivity contribution in [3.8, 4) is 11.8 Å². The monoisotopic (exact) mass is 435 g/mol. The maximum absolute atomic E-state index is 13.9. The van der Waals surface area contributed by atoms with Crippen LogP contribution in [-0.2, 0) is 0 Å². The van der Waals surface area contributed by atoms with Crippen LogP contribution in [0.1, 0.15) is 28.9 Å². The van der Waals surface area contributed by atoms with Crippen molar-refractivity contribution in [3.63, 3.8) is 0 Å². The van der Waals surface area contributed by atoms with Gasteiger partial charge in [-0.3, -0.25) is 9.78 Å². The third-order valence-corrected chi connectivity index (χ3v) is 5.07. The van der Waals surface area contributed by atoms with Crippen LogP contribution in [0.2, 0.25) is 0 Å². The molecular formula is C23H19F2N5O2. The van der Waals surface area contributed by atoms with Gasteiger partial charge >= 0.3 is 0 Å². The van der Waals surface area contributed by atoms with Crippen molar-refractivity contribution >= 4 is 17.4 Å². The Morgan fingerprint density at radius 2 is 1.97 bits per heavy atom. The standard InChI is InChI=1S/C23H19F2N5O2/c24-16-4-5-21(18(25)12-16)32-17-6-9-30(10-7-17)22-20(11-15(13-26)14-28-22)29-23(31)19-3-1-2-8-27-19/h1-5,8,11-12,14,17H,6-7,9-10H2,(H,29,31). The van der Waals surface area contributed by atoms with E-state index in [0.717, 1.165) is 12.1 Å². The number of piperidine rings is 1. The van der Waals surface area contributed by atoms with Crippen molar-refractivity contribution in [3.05, 3.63) is 77.8 Å². The van der Waals surface area contributed by atoms with Crippen molar-refractivity contribution in [1.29, 1.82) is 5.26 Å². The van der Waals surface area contributed by atoms with E-state index in [1.165, 1.54) is 18.5 Å². The molecule has 32 heavy (non-hydrogen) atoms. The number of anilines is 2. The Morgan fingerprint density at radius 1 is 1.16 bits per heavy atom. The van der Waals surface area contributed by atoms with Crippen LogP contribution in [-0.4, -0.2) is 35.1 Å². The van der Waals surface area contributed by atoms with Crippen molar-refractivity contribution in [2.24, 2.45) is 0 Å². The zero-order valence-electron chi connectivity index (χ0n) is 17.0. The van der Waals surface area contributed by atoms with E-state index in [-0.39, 0.29) is 17.5 Å². The average molecular weight is 435 g/mol. The van der Waals surface area contributed by atoms with Crippen molar-refractivity contribution in [2.75, 3.05) is 23.3 Å². The molecule has 1 fully saturated rings. The topological polar surface area (TPSA) is 91.1 Å². The summed E-state index contributed by atoms with van der Waals surface area (Å²) in [5, 5.41) is 12.0. The van der Waals surface area contributed by atoms with Gasteiger partial charge < -0.3 is 15.0 Å². The van der Waals surface area contributed by atoms with E-state index < -0.39 is 17.5 Å². The van der Waals surface area contributed by atoms with E-state index >= 15 is 0 Å². The highest BCUT2D eigenvalue weighted by molar-refractivity contribution is 6.04. The van der Waals surface area contributed by atoms with Gasteiger partial charge in [0.05, 0.1) is 11.3 Å². The lowest BCUT2D eigenvalue weighted by Crippen LogP contribution is -2.39. The Kier molecular flexibility index (Phi) is 6.22. The van der Waals surface area contributed by atoms with Crippen LogP contribution in [0.3, 0.4) is 0 Å². The summed E-state index contributed by atoms with van der Waals surface area (Å²) in [5.41, 5.74) is 0.966. The predicted octanol–water partition coefficient (Wildman–Crippen LogP) is 3.93. The first-order valence-corrected chi connectivity index (χ1v) is 10.0. The van der Waals surface area contributed by atoms with Crippen LogP contribution in [0.4, 0.5) is 20.3 Å². The van der Waals surface area contributed by atoms with Gasteiger partial charge in [0.1, 0.15) is 23.7 Å². The lowest BCUT2D eigenvalue weighted by Gasteiger charge is -2.34. The van der Waals surface area contributed by atoms with E-state index in [1.54, 1.807) is 24.3 Å². The SMILES string of the molecule is N#Cc1cnc(N2CCC(Oc3ccc(F)cc3F)CC2)c(NC(=O)c2ccccn2)c1. The molecule has 3 heterocycles. The minimum absolute atomic E-state index is 0.0182. The number of hydrogen-bond acceptors (Lipinski definition) is 6. The highest BCUT2D eigenvalue weighted by atomic mass is 19.1. The van der Waals surface area contributed by atoms with Crippen LogP contribution < -0.4 is 15.0 Å². The molecule has 1 N–H and O–H groups in total. The van der Waals surface area contributed by atoms with Crippen LogP contribution in [0, 0.1) is 23.0 Å². The lowest BCUT2D eigenvalue weighted by molar-refractivity contribution is 0.102. The molecule has 0 saturated carbocycles. The molecule has 3 aromatic rings. The van der Waals surface area contributed by atoms with Crippen molar-refractivity contribution < 1.29 is 18.3 Å². The molecule has 1 aliphatic heterocycles. The minimum Gasteiger partial charge on any atom is -0.487 e. The molecule has 7 nitrogen and oxygen atoms in total. The molecule has 0 unspecified atom stereocenters. The van der Waals surface area contributed by atoms with E-state index in [4.69, 9.17) is 4.74 Å². The molecular weight excluding hydrogens is 416 g/mol. The first-order valence-electron chi connectivity index (χ1n) is 10.0. The Hall–Kier alpha value is -4.06. The van der Waals surface area contributed by atoms with Gasteiger partial charge in [0, 0.05) is 44.4 Å².